The molecule has 4 N–H and O–H groups in total. The first kappa shape index (κ1) is 10.8. The molecule has 0 bridgehead atoms. The normalized spacial score (nSPS) is 25.7. The van der Waals surface area contributed by atoms with Gasteiger partial charge in [-0.3, -0.25) is 0 Å². The molecule has 0 saturated carbocycles. The molecule has 2 rings (SSSR count). The number of nitrogens with one attached hydrogen (secondary N) is 1. The molecule has 1 aliphatic rings. The molecule has 4 heteroatoms. The fourth-order valence-corrected chi connectivity index (χ4v) is 2.91. The number of thioether (sulfide) groups is 1. The van der Waals surface area contributed by atoms with Crippen molar-refractivity contribution in [3.05, 3.63) is 23.8 Å². The summed E-state index contributed by atoms with van der Waals surface area (Å²) in [5, 5.41) is 13.1. The van der Waals surface area contributed by atoms with Crippen LogP contribution in [-0.4, -0.2) is 29.5 Å². The average molecular weight is 224 g/mol. The summed E-state index contributed by atoms with van der Waals surface area (Å²) in [6.07, 6.45) is -0.269. The van der Waals surface area contributed by atoms with Crippen molar-refractivity contribution in [3.8, 4) is 0 Å². The molecular weight excluding hydrogens is 208 g/mol. The van der Waals surface area contributed by atoms with E-state index in [1.54, 1.807) is 11.8 Å². The van der Waals surface area contributed by atoms with Gasteiger partial charge in [0.25, 0.3) is 0 Å². The Balaban J connectivity index is 2.12. The van der Waals surface area contributed by atoms with E-state index in [1.165, 1.54) is 5.56 Å². The second-order valence-electron chi connectivity index (χ2n) is 3.92. The summed E-state index contributed by atoms with van der Waals surface area (Å²) in [6, 6.07) is 6.00. The lowest BCUT2D eigenvalue weighted by Crippen LogP contribution is -2.20. The lowest BCUT2D eigenvalue weighted by atomic mass is 10.2. The number of β-amino-alcohol motifs (C(OH)–C–C–N with tert-alkyl or cyclic N) is 1. The third-order valence-corrected chi connectivity index (χ3v) is 3.97. The van der Waals surface area contributed by atoms with Crippen molar-refractivity contribution >= 4 is 17.4 Å². The number of nitrogens with two attached hydrogens (primary N) is 1. The van der Waals surface area contributed by atoms with Crippen molar-refractivity contribution in [2.24, 2.45) is 0 Å². The van der Waals surface area contributed by atoms with E-state index in [9.17, 15) is 5.11 Å². The Morgan fingerprint density at radius 1 is 1.47 bits per heavy atom. The number of aliphatic hydroxyl groups excluding tert-OH is 1. The molecule has 0 spiro atoms. The Morgan fingerprint density at radius 3 is 2.93 bits per heavy atom. The zero-order valence-corrected chi connectivity index (χ0v) is 9.55. The smallest absolute Gasteiger partial charge is 0.0798 e. The first-order chi connectivity index (χ1) is 7.16. The summed E-state index contributed by atoms with van der Waals surface area (Å²) >= 11 is 1.66. The molecule has 2 atom stereocenters. The Morgan fingerprint density at radius 2 is 2.27 bits per heavy atom. The zero-order chi connectivity index (χ0) is 10.8. The molecule has 1 saturated heterocycles. The minimum atomic E-state index is -0.269. The number of anilines is 1. The minimum absolute atomic E-state index is 0.217. The topological polar surface area (TPSA) is 58.3 Å². The maximum absolute atomic E-state index is 9.69. The van der Waals surface area contributed by atoms with Crippen LogP contribution in [0.3, 0.4) is 0 Å². The number of hydrogen-bond donors (Lipinski definition) is 3. The van der Waals surface area contributed by atoms with Crippen molar-refractivity contribution in [1.29, 1.82) is 0 Å². The van der Waals surface area contributed by atoms with Crippen molar-refractivity contribution < 1.29 is 5.11 Å². The molecule has 1 aliphatic heterocycles. The van der Waals surface area contributed by atoms with Gasteiger partial charge in [-0.25, -0.2) is 0 Å². The van der Waals surface area contributed by atoms with E-state index in [-0.39, 0.29) is 11.4 Å². The predicted octanol–water partition coefficient (Wildman–Crippen LogP) is 1.00. The third kappa shape index (κ3) is 2.45. The van der Waals surface area contributed by atoms with Gasteiger partial charge in [0.05, 0.1) is 6.10 Å². The van der Waals surface area contributed by atoms with Crippen molar-refractivity contribution in [2.75, 3.05) is 18.8 Å². The molecule has 0 aliphatic carbocycles. The summed E-state index contributed by atoms with van der Waals surface area (Å²) in [4.78, 5) is 1.07. The Bertz CT molecular complexity index is 356. The second-order valence-corrected chi connectivity index (χ2v) is 5.20. The van der Waals surface area contributed by atoms with Gasteiger partial charge in [-0.1, -0.05) is 6.07 Å². The fraction of sp³-hybridized carbons (Fsp3) is 0.455. The molecule has 82 valence electrons. The largest absolute Gasteiger partial charge is 0.398 e. The van der Waals surface area contributed by atoms with Crippen LogP contribution in [0.4, 0.5) is 5.69 Å². The molecule has 15 heavy (non-hydrogen) atoms. The van der Waals surface area contributed by atoms with Crippen LogP contribution >= 0.6 is 11.8 Å². The van der Waals surface area contributed by atoms with Crippen LogP contribution in [0.15, 0.2) is 23.1 Å². The third-order valence-electron chi connectivity index (χ3n) is 2.58. The number of rotatable bonds is 2. The highest BCUT2D eigenvalue weighted by Crippen LogP contribution is 2.32. The second kappa shape index (κ2) is 4.43. The van der Waals surface area contributed by atoms with Gasteiger partial charge in [-0.05, 0) is 24.6 Å². The van der Waals surface area contributed by atoms with Crippen LogP contribution < -0.4 is 11.1 Å². The van der Waals surface area contributed by atoms with Gasteiger partial charge in [0.1, 0.15) is 0 Å². The van der Waals surface area contributed by atoms with Crippen molar-refractivity contribution in [2.45, 2.75) is 23.2 Å². The van der Waals surface area contributed by atoms with Gasteiger partial charge in [0.15, 0.2) is 0 Å². The van der Waals surface area contributed by atoms with Crippen LogP contribution in [-0.2, 0) is 0 Å². The molecule has 0 radical (unpaired) electrons. The number of benzene rings is 1. The number of nitrogen functional groups attached to an aromatic ring is 1. The fourth-order valence-electron chi connectivity index (χ4n) is 1.67. The van der Waals surface area contributed by atoms with E-state index in [0.29, 0.717) is 6.54 Å². The van der Waals surface area contributed by atoms with Gasteiger partial charge < -0.3 is 16.2 Å². The molecule has 2 unspecified atom stereocenters. The van der Waals surface area contributed by atoms with Crippen LogP contribution in [0, 0.1) is 6.92 Å². The standard InChI is InChI=1S/C11H16N2OS/c1-7-2-3-8(12)10(4-7)15-11-6-13-5-9(11)14/h2-4,9,11,13-14H,5-6,12H2,1H3. The first-order valence-corrected chi connectivity index (χ1v) is 5.96. The molecule has 1 heterocycles. The minimum Gasteiger partial charge on any atom is -0.398 e. The molecule has 1 aromatic rings. The van der Waals surface area contributed by atoms with E-state index < -0.39 is 0 Å². The predicted molar refractivity (Wildman–Crippen MR) is 64.1 cm³/mol. The van der Waals surface area contributed by atoms with E-state index in [0.717, 1.165) is 17.1 Å². The summed E-state index contributed by atoms with van der Waals surface area (Å²) < 4.78 is 0. The highest BCUT2D eigenvalue weighted by molar-refractivity contribution is 8.00. The zero-order valence-electron chi connectivity index (χ0n) is 8.73. The van der Waals surface area contributed by atoms with E-state index in [1.807, 2.05) is 19.1 Å². The van der Waals surface area contributed by atoms with Gasteiger partial charge in [-0.2, -0.15) is 0 Å². The quantitative estimate of drug-likeness (QED) is 0.656. The van der Waals surface area contributed by atoms with Crippen molar-refractivity contribution in [1.82, 2.24) is 5.32 Å². The number of hydrogen-bond acceptors (Lipinski definition) is 4. The van der Waals surface area contributed by atoms with Crippen LogP contribution in [0.25, 0.3) is 0 Å². The molecule has 0 amide bonds. The Hall–Kier alpha value is -0.710. The summed E-state index contributed by atoms with van der Waals surface area (Å²) in [6.45, 7) is 3.58. The van der Waals surface area contributed by atoms with Gasteiger partial charge in [0.2, 0.25) is 0 Å². The molecule has 3 nitrogen and oxygen atoms in total. The first-order valence-electron chi connectivity index (χ1n) is 5.08. The Kier molecular flexibility index (Phi) is 3.19. The average Bonchev–Trinajstić information content (AvgIpc) is 2.58. The van der Waals surface area contributed by atoms with Gasteiger partial charge >= 0.3 is 0 Å². The maximum atomic E-state index is 9.69. The van der Waals surface area contributed by atoms with Crippen molar-refractivity contribution in [3.63, 3.8) is 0 Å². The maximum Gasteiger partial charge on any atom is 0.0798 e. The lowest BCUT2D eigenvalue weighted by molar-refractivity contribution is 0.201. The molecule has 1 fully saturated rings. The monoisotopic (exact) mass is 224 g/mol. The van der Waals surface area contributed by atoms with Crippen LogP contribution in [0.1, 0.15) is 5.56 Å². The number of aliphatic hydroxyl groups is 1. The molecule has 1 aromatic carbocycles. The van der Waals surface area contributed by atoms with Crippen LogP contribution in [0.2, 0.25) is 0 Å². The lowest BCUT2D eigenvalue weighted by Gasteiger charge is -2.14. The molecule has 0 aromatic heterocycles. The van der Waals surface area contributed by atoms with E-state index >= 15 is 0 Å². The summed E-state index contributed by atoms with van der Waals surface area (Å²) in [7, 11) is 0. The van der Waals surface area contributed by atoms with Gasteiger partial charge in [-0.15, -0.1) is 11.8 Å². The van der Waals surface area contributed by atoms with Crippen LogP contribution in [0.5, 0.6) is 0 Å². The number of aryl methyl sites for hydroxylation is 1. The van der Waals surface area contributed by atoms with E-state index in [2.05, 4.69) is 11.4 Å². The molecular formula is C11H16N2OS. The van der Waals surface area contributed by atoms with Gasteiger partial charge in [0, 0.05) is 28.9 Å². The highest BCUT2D eigenvalue weighted by atomic mass is 32.2. The SMILES string of the molecule is Cc1ccc(N)c(SC2CNCC2O)c1. The summed E-state index contributed by atoms with van der Waals surface area (Å²) in [5.74, 6) is 0. The highest BCUT2D eigenvalue weighted by Gasteiger charge is 2.26. The Labute approximate surface area is 94.1 Å². The van der Waals surface area contributed by atoms with E-state index in [4.69, 9.17) is 5.73 Å². The summed E-state index contributed by atoms with van der Waals surface area (Å²) in [5.41, 5.74) is 7.89.